The van der Waals surface area contributed by atoms with E-state index in [1.165, 1.54) is 11.3 Å². The third kappa shape index (κ3) is 4.14. The summed E-state index contributed by atoms with van der Waals surface area (Å²) in [5.41, 5.74) is 0.988. The molecule has 9 heteroatoms. The molecule has 0 N–H and O–H groups in total. The van der Waals surface area contributed by atoms with E-state index < -0.39 is 15.9 Å². The Balaban J connectivity index is 1.63. The molecule has 1 fully saturated rings. The molecular weight excluding hydrogens is 420 g/mol. The molecule has 1 amide bonds. The van der Waals surface area contributed by atoms with Crippen LogP contribution in [0.1, 0.15) is 22.5 Å². The number of halogens is 1. The summed E-state index contributed by atoms with van der Waals surface area (Å²) < 4.78 is 29.3. The summed E-state index contributed by atoms with van der Waals surface area (Å²) in [5, 5.41) is 6.40. The van der Waals surface area contributed by atoms with Crippen molar-refractivity contribution in [2.45, 2.75) is 19.0 Å². The van der Waals surface area contributed by atoms with Gasteiger partial charge < -0.3 is 9.42 Å². The summed E-state index contributed by atoms with van der Waals surface area (Å²) in [6.45, 7) is 0.251. The molecule has 1 aliphatic heterocycles. The van der Waals surface area contributed by atoms with Crippen molar-refractivity contribution in [1.29, 1.82) is 0 Å². The molecular formula is C19H17ClN2O4S2. The molecule has 146 valence electrons. The Bertz CT molecular complexity index is 1090. The molecule has 3 aromatic rings. The summed E-state index contributed by atoms with van der Waals surface area (Å²) in [6, 6.07) is 12.1. The number of carbonyl (C=O) groups is 1. The van der Waals surface area contributed by atoms with E-state index >= 15 is 0 Å². The quantitative estimate of drug-likeness (QED) is 0.606. The van der Waals surface area contributed by atoms with Gasteiger partial charge >= 0.3 is 0 Å². The van der Waals surface area contributed by atoms with E-state index in [9.17, 15) is 13.2 Å². The van der Waals surface area contributed by atoms with Crippen molar-refractivity contribution >= 4 is 38.7 Å². The van der Waals surface area contributed by atoms with Gasteiger partial charge in [0.05, 0.1) is 16.4 Å². The fourth-order valence-corrected chi connectivity index (χ4v) is 5.89. The third-order valence-corrected chi connectivity index (χ3v) is 7.52. The van der Waals surface area contributed by atoms with Gasteiger partial charge in [0, 0.05) is 23.7 Å². The maximum atomic E-state index is 13.2. The molecule has 4 rings (SSSR count). The monoisotopic (exact) mass is 436 g/mol. The van der Waals surface area contributed by atoms with Crippen LogP contribution in [-0.4, -0.2) is 41.9 Å². The first-order chi connectivity index (χ1) is 13.4. The van der Waals surface area contributed by atoms with Gasteiger partial charge in [0.15, 0.2) is 21.3 Å². The molecule has 0 bridgehead atoms. The minimum absolute atomic E-state index is 0.0467. The van der Waals surface area contributed by atoms with E-state index in [2.05, 4.69) is 5.16 Å². The van der Waals surface area contributed by atoms with Crippen LogP contribution < -0.4 is 0 Å². The van der Waals surface area contributed by atoms with Crippen molar-refractivity contribution in [2.24, 2.45) is 0 Å². The molecule has 1 unspecified atom stereocenters. The first-order valence-electron chi connectivity index (χ1n) is 8.68. The normalized spacial score (nSPS) is 18.2. The lowest BCUT2D eigenvalue weighted by Gasteiger charge is -2.27. The number of hydrogen-bond donors (Lipinski definition) is 0. The predicted molar refractivity (Wildman–Crippen MR) is 108 cm³/mol. The Hall–Kier alpha value is -2.16. The molecule has 2 aromatic heterocycles. The average molecular weight is 437 g/mol. The van der Waals surface area contributed by atoms with Gasteiger partial charge in [-0.1, -0.05) is 35.0 Å². The molecule has 0 saturated carbocycles. The van der Waals surface area contributed by atoms with E-state index in [1.54, 1.807) is 29.2 Å². The van der Waals surface area contributed by atoms with Crippen LogP contribution in [0.4, 0.5) is 0 Å². The predicted octanol–water partition coefficient (Wildman–Crippen LogP) is 3.89. The third-order valence-electron chi connectivity index (χ3n) is 4.65. The number of rotatable bonds is 5. The van der Waals surface area contributed by atoms with Gasteiger partial charge in [0.25, 0.3) is 5.91 Å². The molecule has 3 heterocycles. The van der Waals surface area contributed by atoms with Crippen molar-refractivity contribution in [1.82, 2.24) is 10.1 Å². The average Bonchev–Trinajstić information content (AvgIpc) is 3.39. The number of amides is 1. The van der Waals surface area contributed by atoms with Crippen LogP contribution in [-0.2, 0) is 16.4 Å². The van der Waals surface area contributed by atoms with Crippen molar-refractivity contribution in [3.63, 3.8) is 0 Å². The molecule has 1 aliphatic rings. The van der Waals surface area contributed by atoms with E-state index in [4.69, 9.17) is 16.1 Å². The van der Waals surface area contributed by atoms with Gasteiger partial charge in [-0.3, -0.25) is 4.79 Å². The second-order valence-corrected chi connectivity index (χ2v) is 10.3. The number of carbonyl (C=O) groups excluding carboxylic acids is 1. The summed E-state index contributed by atoms with van der Waals surface area (Å²) in [6.07, 6.45) is 0.407. The molecule has 1 saturated heterocycles. The lowest BCUT2D eigenvalue weighted by Crippen LogP contribution is -2.40. The highest BCUT2D eigenvalue weighted by Crippen LogP contribution is 2.27. The van der Waals surface area contributed by atoms with Crippen LogP contribution >= 0.6 is 22.9 Å². The van der Waals surface area contributed by atoms with Crippen LogP contribution in [0.15, 0.2) is 52.4 Å². The first-order valence-corrected chi connectivity index (χ1v) is 11.8. The highest BCUT2D eigenvalue weighted by Gasteiger charge is 2.36. The van der Waals surface area contributed by atoms with Gasteiger partial charge in [0.2, 0.25) is 0 Å². The second-order valence-electron chi connectivity index (χ2n) is 6.67. The topological polar surface area (TPSA) is 80.5 Å². The van der Waals surface area contributed by atoms with Crippen LogP contribution in [0.3, 0.4) is 0 Å². The van der Waals surface area contributed by atoms with Crippen molar-refractivity contribution < 1.29 is 17.7 Å². The molecule has 0 radical (unpaired) electrons. The molecule has 0 spiro atoms. The van der Waals surface area contributed by atoms with Crippen molar-refractivity contribution in [3.8, 4) is 10.6 Å². The zero-order chi connectivity index (χ0) is 19.7. The maximum Gasteiger partial charge on any atom is 0.276 e. The van der Waals surface area contributed by atoms with Crippen molar-refractivity contribution in [2.75, 3.05) is 11.5 Å². The second kappa shape index (κ2) is 7.69. The Kier molecular flexibility index (Phi) is 5.27. The first kappa shape index (κ1) is 19.2. The number of sulfone groups is 1. The van der Waals surface area contributed by atoms with Gasteiger partial charge in [-0.25, -0.2) is 8.42 Å². The summed E-state index contributed by atoms with van der Waals surface area (Å²) in [4.78, 5) is 15.6. The van der Waals surface area contributed by atoms with Gasteiger partial charge in [-0.05, 0) is 35.6 Å². The lowest BCUT2D eigenvalue weighted by atomic mass is 10.1. The SMILES string of the molecule is O=C(c1cc(-c2cccs2)on1)N(Cc1cccc(Cl)c1)C1CCS(=O)(=O)C1. The minimum Gasteiger partial charge on any atom is -0.355 e. The highest BCUT2D eigenvalue weighted by molar-refractivity contribution is 7.91. The Morgan fingerprint density at radius 1 is 1.29 bits per heavy atom. The summed E-state index contributed by atoms with van der Waals surface area (Å²) in [5.74, 6) is 0.194. The Morgan fingerprint density at radius 2 is 2.14 bits per heavy atom. The zero-order valence-electron chi connectivity index (χ0n) is 14.7. The number of aromatic nitrogens is 1. The summed E-state index contributed by atoms with van der Waals surface area (Å²) in [7, 11) is -3.15. The lowest BCUT2D eigenvalue weighted by molar-refractivity contribution is 0.0670. The molecule has 1 atom stereocenters. The van der Waals surface area contributed by atoms with E-state index in [0.29, 0.717) is 17.2 Å². The number of hydrogen-bond acceptors (Lipinski definition) is 6. The van der Waals surface area contributed by atoms with Gasteiger partial charge in [-0.15, -0.1) is 11.3 Å². The standard InChI is InChI=1S/C19H17ClN2O4S2/c20-14-4-1-3-13(9-14)11-22(15-6-8-28(24,25)12-15)19(23)16-10-17(26-21-16)18-5-2-7-27-18/h1-5,7,9-10,15H,6,8,11-12H2. The zero-order valence-corrected chi connectivity index (χ0v) is 17.1. The minimum atomic E-state index is -3.15. The molecule has 6 nitrogen and oxygen atoms in total. The molecule has 0 aliphatic carbocycles. The Morgan fingerprint density at radius 3 is 2.82 bits per heavy atom. The number of thiophene rings is 1. The van der Waals surface area contributed by atoms with Crippen LogP contribution in [0.5, 0.6) is 0 Å². The van der Waals surface area contributed by atoms with Gasteiger partial charge in [0.1, 0.15) is 0 Å². The highest BCUT2D eigenvalue weighted by atomic mass is 35.5. The van der Waals surface area contributed by atoms with Crippen LogP contribution in [0.25, 0.3) is 10.6 Å². The van der Waals surface area contributed by atoms with E-state index in [1.807, 2.05) is 23.6 Å². The largest absolute Gasteiger partial charge is 0.355 e. The van der Waals surface area contributed by atoms with Crippen LogP contribution in [0.2, 0.25) is 5.02 Å². The van der Waals surface area contributed by atoms with E-state index in [-0.39, 0.29) is 29.7 Å². The molecule has 1 aromatic carbocycles. The van der Waals surface area contributed by atoms with Gasteiger partial charge in [-0.2, -0.15) is 0 Å². The van der Waals surface area contributed by atoms with Crippen LogP contribution in [0, 0.1) is 0 Å². The smallest absolute Gasteiger partial charge is 0.276 e. The fourth-order valence-electron chi connectivity index (χ4n) is 3.28. The Labute approximate surface area is 171 Å². The maximum absolute atomic E-state index is 13.2. The van der Waals surface area contributed by atoms with E-state index in [0.717, 1.165) is 10.4 Å². The molecule has 28 heavy (non-hydrogen) atoms. The summed E-state index contributed by atoms with van der Waals surface area (Å²) >= 11 is 7.55. The van der Waals surface area contributed by atoms with Crippen molar-refractivity contribution in [3.05, 3.63) is 64.1 Å². The number of benzene rings is 1. The number of nitrogens with zero attached hydrogens (tertiary/aromatic N) is 2. The fraction of sp³-hybridized carbons (Fsp3) is 0.263.